The number of nitrogens with zero attached hydrogens (tertiary/aromatic N) is 1. The van der Waals surface area contributed by atoms with E-state index < -0.39 is 5.97 Å². The fourth-order valence-corrected chi connectivity index (χ4v) is 4.16. The standard InChI is InChI=1S/C16H23NO3/c1-11(13-8-9-20-10-13)17-14-5-3-2-4-12(14)6-7-15(17)16(18)19/h8-12,14-15H,2-7H2,1H3,(H,18,19). The van der Waals surface area contributed by atoms with Gasteiger partial charge in [0.05, 0.1) is 12.5 Å². The van der Waals surface area contributed by atoms with Crippen LogP contribution in [-0.4, -0.2) is 28.1 Å². The largest absolute Gasteiger partial charge is 0.480 e. The number of rotatable bonds is 3. The molecule has 0 spiro atoms. The zero-order valence-electron chi connectivity index (χ0n) is 12.0. The molecule has 4 nitrogen and oxygen atoms in total. The van der Waals surface area contributed by atoms with Crippen LogP contribution in [0.15, 0.2) is 23.0 Å². The van der Waals surface area contributed by atoms with Gasteiger partial charge in [-0.3, -0.25) is 9.69 Å². The van der Waals surface area contributed by atoms with Crippen LogP contribution >= 0.6 is 0 Å². The Hall–Kier alpha value is -1.29. The molecule has 4 atom stereocenters. The van der Waals surface area contributed by atoms with Gasteiger partial charge in [-0.2, -0.15) is 0 Å². The summed E-state index contributed by atoms with van der Waals surface area (Å²) in [5, 5.41) is 9.58. The van der Waals surface area contributed by atoms with Crippen molar-refractivity contribution in [2.24, 2.45) is 5.92 Å². The minimum Gasteiger partial charge on any atom is -0.480 e. The first kappa shape index (κ1) is 13.7. The summed E-state index contributed by atoms with van der Waals surface area (Å²) in [4.78, 5) is 13.9. The van der Waals surface area contributed by atoms with E-state index in [-0.39, 0.29) is 12.1 Å². The van der Waals surface area contributed by atoms with Crippen LogP contribution in [0, 0.1) is 5.92 Å². The number of fused-ring (bicyclic) bond motifs is 1. The first-order chi connectivity index (χ1) is 9.68. The molecular formula is C16H23NO3. The molecule has 0 radical (unpaired) electrons. The van der Waals surface area contributed by atoms with Gasteiger partial charge in [0.1, 0.15) is 6.04 Å². The third-order valence-electron chi connectivity index (χ3n) is 5.18. The Bertz CT molecular complexity index is 456. The average Bonchev–Trinajstić information content (AvgIpc) is 2.99. The molecule has 1 aliphatic carbocycles. The lowest BCUT2D eigenvalue weighted by atomic mass is 9.75. The maximum absolute atomic E-state index is 11.6. The van der Waals surface area contributed by atoms with Gasteiger partial charge < -0.3 is 9.52 Å². The van der Waals surface area contributed by atoms with E-state index in [2.05, 4.69) is 11.8 Å². The molecule has 2 fully saturated rings. The molecule has 4 unspecified atom stereocenters. The van der Waals surface area contributed by atoms with Crippen molar-refractivity contribution < 1.29 is 14.3 Å². The first-order valence-electron chi connectivity index (χ1n) is 7.71. The third kappa shape index (κ3) is 2.37. The van der Waals surface area contributed by atoms with Crippen molar-refractivity contribution in [3.05, 3.63) is 24.2 Å². The van der Waals surface area contributed by atoms with Crippen molar-refractivity contribution in [3.8, 4) is 0 Å². The second-order valence-corrected chi connectivity index (χ2v) is 6.22. The fourth-order valence-electron chi connectivity index (χ4n) is 4.16. The predicted molar refractivity (Wildman–Crippen MR) is 75.4 cm³/mol. The fraction of sp³-hybridized carbons (Fsp3) is 0.688. The quantitative estimate of drug-likeness (QED) is 0.919. The summed E-state index contributed by atoms with van der Waals surface area (Å²) in [5.41, 5.74) is 1.09. The Balaban J connectivity index is 1.89. The summed E-state index contributed by atoms with van der Waals surface area (Å²) in [7, 11) is 0. The van der Waals surface area contributed by atoms with Crippen LogP contribution in [0.25, 0.3) is 0 Å². The number of carbonyl (C=O) groups is 1. The Morgan fingerprint density at radius 2 is 2.15 bits per heavy atom. The molecule has 1 N–H and O–H groups in total. The normalized spacial score (nSPS) is 32.5. The lowest BCUT2D eigenvalue weighted by Gasteiger charge is -2.49. The van der Waals surface area contributed by atoms with E-state index in [1.165, 1.54) is 19.3 Å². The molecule has 1 aliphatic heterocycles. The number of carboxylic acids is 1. The van der Waals surface area contributed by atoms with Crippen molar-refractivity contribution in [2.75, 3.05) is 0 Å². The summed E-state index contributed by atoms with van der Waals surface area (Å²) < 4.78 is 5.18. The van der Waals surface area contributed by atoms with Crippen LogP contribution in [0.2, 0.25) is 0 Å². The van der Waals surface area contributed by atoms with Gasteiger partial charge in [0.15, 0.2) is 0 Å². The molecule has 1 saturated heterocycles. The molecule has 1 saturated carbocycles. The number of furan rings is 1. The van der Waals surface area contributed by atoms with Gasteiger partial charge in [0.25, 0.3) is 0 Å². The molecule has 0 aromatic carbocycles. The van der Waals surface area contributed by atoms with E-state index in [1.807, 2.05) is 6.07 Å². The molecule has 3 rings (SSSR count). The van der Waals surface area contributed by atoms with E-state index >= 15 is 0 Å². The van der Waals surface area contributed by atoms with Crippen molar-refractivity contribution in [1.82, 2.24) is 4.90 Å². The van der Waals surface area contributed by atoms with Gasteiger partial charge in [-0.1, -0.05) is 12.8 Å². The number of carboxylic acid groups (broad SMARTS) is 1. The van der Waals surface area contributed by atoms with Gasteiger partial charge in [-0.05, 0) is 44.6 Å². The molecule has 1 aromatic rings. The van der Waals surface area contributed by atoms with Crippen LogP contribution in [-0.2, 0) is 4.79 Å². The van der Waals surface area contributed by atoms with Crippen LogP contribution in [0.3, 0.4) is 0 Å². The summed E-state index contributed by atoms with van der Waals surface area (Å²) in [6, 6.07) is 2.14. The lowest BCUT2D eigenvalue weighted by molar-refractivity contribution is -0.150. The van der Waals surface area contributed by atoms with Crippen LogP contribution in [0.5, 0.6) is 0 Å². The topological polar surface area (TPSA) is 53.7 Å². The number of piperidine rings is 1. The van der Waals surface area contributed by atoms with Crippen LogP contribution in [0.1, 0.15) is 57.1 Å². The van der Waals surface area contributed by atoms with Gasteiger partial charge in [-0.25, -0.2) is 0 Å². The highest BCUT2D eigenvalue weighted by Crippen LogP contribution is 2.42. The van der Waals surface area contributed by atoms with E-state index in [1.54, 1.807) is 12.5 Å². The highest BCUT2D eigenvalue weighted by molar-refractivity contribution is 5.73. The number of likely N-dealkylation sites (tertiary alicyclic amines) is 1. The summed E-state index contributed by atoms with van der Waals surface area (Å²) in [5.74, 6) is -0.00179. The van der Waals surface area contributed by atoms with Crippen molar-refractivity contribution in [1.29, 1.82) is 0 Å². The highest BCUT2D eigenvalue weighted by atomic mass is 16.4. The van der Waals surface area contributed by atoms with Crippen LogP contribution in [0.4, 0.5) is 0 Å². The van der Waals surface area contributed by atoms with E-state index in [9.17, 15) is 9.90 Å². The second-order valence-electron chi connectivity index (χ2n) is 6.22. The smallest absolute Gasteiger partial charge is 0.320 e. The Morgan fingerprint density at radius 3 is 2.85 bits per heavy atom. The van der Waals surface area contributed by atoms with Gasteiger partial charge in [0, 0.05) is 17.6 Å². The van der Waals surface area contributed by atoms with Crippen molar-refractivity contribution in [3.63, 3.8) is 0 Å². The number of aliphatic carboxylic acids is 1. The molecule has 4 heteroatoms. The monoisotopic (exact) mass is 277 g/mol. The molecule has 0 bridgehead atoms. The maximum atomic E-state index is 11.6. The Labute approximate surface area is 119 Å². The third-order valence-corrected chi connectivity index (χ3v) is 5.18. The Kier molecular flexibility index (Phi) is 3.83. The van der Waals surface area contributed by atoms with Crippen LogP contribution < -0.4 is 0 Å². The molecule has 0 amide bonds. The van der Waals surface area contributed by atoms with E-state index in [0.717, 1.165) is 24.8 Å². The number of hydrogen-bond donors (Lipinski definition) is 1. The molecule has 2 aliphatic rings. The Morgan fingerprint density at radius 1 is 1.35 bits per heavy atom. The summed E-state index contributed by atoms with van der Waals surface area (Å²) >= 11 is 0. The SMILES string of the molecule is CC(c1ccoc1)N1C(C(=O)O)CCC2CCCCC21. The van der Waals surface area contributed by atoms with E-state index in [0.29, 0.717) is 12.0 Å². The summed E-state index contributed by atoms with van der Waals surface area (Å²) in [6.45, 7) is 2.11. The van der Waals surface area contributed by atoms with Gasteiger partial charge >= 0.3 is 5.97 Å². The minimum absolute atomic E-state index is 0.112. The van der Waals surface area contributed by atoms with Crippen molar-refractivity contribution >= 4 is 5.97 Å². The maximum Gasteiger partial charge on any atom is 0.320 e. The second kappa shape index (κ2) is 5.60. The van der Waals surface area contributed by atoms with Gasteiger partial charge in [0.2, 0.25) is 0 Å². The molecular weight excluding hydrogens is 254 g/mol. The van der Waals surface area contributed by atoms with Gasteiger partial charge in [-0.15, -0.1) is 0 Å². The minimum atomic E-state index is -0.677. The molecule has 1 aromatic heterocycles. The molecule has 20 heavy (non-hydrogen) atoms. The predicted octanol–water partition coefficient (Wildman–Crippen LogP) is 3.45. The lowest BCUT2D eigenvalue weighted by Crippen LogP contribution is -2.55. The summed E-state index contributed by atoms with van der Waals surface area (Å²) in [6.07, 6.45) is 10.2. The van der Waals surface area contributed by atoms with E-state index in [4.69, 9.17) is 4.42 Å². The zero-order chi connectivity index (χ0) is 14.1. The van der Waals surface area contributed by atoms with Crippen molar-refractivity contribution in [2.45, 2.75) is 63.6 Å². The number of hydrogen-bond acceptors (Lipinski definition) is 3. The highest BCUT2D eigenvalue weighted by Gasteiger charge is 2.43. The zero-order valence-corrected chi connectivity index (χ0v) is 12.0. The molecule has 2 heterocycles. The first-order valence-corrected chi connectivity index (χ1v) is 7.71. The average molecular weight is 277 g/mol. The molecule has 110 valence electrons.